The van der Waals surface area contributed by atoms with E-state index < -0.39 is 27.3 Å². The Hall–Kier alpha value is -2.77. The Morgan fingerprint density at radius 3 is 2.44 bits per heavy atom. The highest BCUT2D eigenvalue weighted by Gasteiger charge is 2.34. The molecule has 0 radical (unpaired) electrons. The number of aromatic nitrogens is 3. The number of halogens is 3. The van der Waals surface area contributed by atoms with Gasteiger partial charge >= 0.3 is 6.18 Å². The number of hydrogen-bond acceptors (Lipinski definition) is 7. The number of alkyl halides is 3. The maximum absolute atomic E-state index is 13.0. The SMILES string of the molecule is Cc1noc(C)c1S(=O)(=O)N1CCN(Cc2nc3cc(C(F)(F)F)ccc3c(=O)[nH]2)CC1. The summed E-state index contributed by atoms with van der Waals surface area (Å²) in [6, 6.07) is 2.80. The predicted molar refractivity (Wildman–Crippen MR) is 107 cm³/mol. The number of benzene rings is 1. The molecular weight excluding hydrogens is 451 g/mol. The first-order chi connectivity index (χ1) is 15.0. The van der Waals surface area contributed by atoms with E-state index in [2.05, 4.69) is 15.1 Å². The Bertz CT molecular complexity index is 1310. The minimum Gasteiger partial charge on any atom is -0.360 e. The summed E-state index contributed by atoms with van der Waals surface area (Å²) in [6.07, 6.45) is -4.54. The molecule has 0 amide bonds. The van der Waals surface area contributed by atoms with Crippen LogP contribution in [0.25, 0.3) is 10.9 Å². The van der Waals surface area contributed by atoms with Crippen molar-refractivity contribution < 1.29 is 26.1 Å². The van der Waals surface area contributed by atoms with Crippen molar-refractivity contribution in [2.24, 2.45) is 0 Å². The summed E-state index contributed by atoms with van der Waals surface area (Å²) in [5, 5.41) is 3.77. The van der Waals surface area contributed by atoms with E-state index in [1.54, 1.807) is 6.92 Å². The number of aryl methyl sites for hydroxylation is 2. The minimum absolute atomic E-state index is 0.0433. The fraction of sp³-hybridized carbons (Fsp3) is 0.421. The van der Waals surface area contributed by atoms with E-state index in [4.69, 9.17) is 4.52 Å². The molecule has 3 aromatic rings. The molecule has 1 saturated heterocycles. The summed E-state index contributed by atoms with van der Waals surface area (Å²) in [5.74, 6) is 0.435. The third-order valence-corrected chi connectivity index (χ3v) is 7.50. The molecule has 0 bridgehead atoms. The molecule has 4 rings (SSSR count). The van der Waals surface area contributed by atoms with Crippen molar-refractivity contribution in [3.63, 3.8) is 0 Å². The summed E-state index contributed by atoms with van der Waals surface area (Å²) >= 11 is 0. The molecular formula is C19H20F3N5O4S. The van der Waals surface area contributed by atoms with Gasteiger partial charge in [0.2, 0.25) is 10.0 Å². The number of hydrogen-bond donors (Lipinski definition) is 1. The number of rotatable bonds is 4. The molecule has 0 aliphatic carbocycles. The number of aromatic amines is 1. The standard InChI is InChI=1S/C19H20F3N5O4S/c1-11-17(12(2)31-25-11)32(29,30)27-7-5-26(6-8-27)10-16-23-15-9-13(19(20,21)22)3-4-14(15)18(28)24-16/h3-4,9H,5-8,10H2,1-2H3,(H,23,24,28). The molecule has 32 heavy (non-hydrogen) atoms. The molecule has 0 unspecified atom stereocenters. The van der Waals surface area contributed by atoms with Gasteiger partial charge in [0.25, 0.3) is 5.56 Å². The zero-order chi connectivity index (χ0) is 23.3. The van der Waals surface area contributed by atoms with Crippen LogP contribution in [0.1, 0.15) is 22.8 Å². The summed E-state index contributed by atoms with van der Waals surface area (Å²) < 4.78 is 71.1. The number of H-pyrrole nitrogens is 1. The highest BCUT2D eigenvalue weighted by Crippen LogP contribution is 2.30. The Labute approximate surface area is 180 Å². The van der Waals surface area contributed by atoms with Gasteiger partial charge in [-0.3, -0.25) is 9.69 Å². The second-order valence-corrected chi connectivity index (χ2v) is 9.45. The molecule has 0 saturated carbocycles. The highest BCUT2D eigenvalue weighted by atomic mass is 32.2. The van der Waals surface area contributed by atoms with E-state index in [1.807, 2.05) is 4.90 Å². The van der Waals surface area contributed by atoms with Crippen LogP contribution in [0, 0.1) is 13.8 Å². The molecule has 2 aromatic heterocycles. The van der Waals surface area contributed by atoms with E-state index in [0.717, 1.165) is 18.2 Å². The van der Waals surface area contributed by atoms with Crippen LogP contribution in [0.5, 0.6) is 0 Å². The topological polar surface area (TPSA) is 112 Å². The van der Waals surface area contributed by atoms with Crippen molar-refractivity contribution in [1.82, 2.24) is 24.3 Å². The third kappa shape index (κ3) is 4.14. The molecule has 0 spiro atoms. The summed E-state index contributed by atoms with van der Waals surface area (Å²) in [6.45, 7) is 4.37. The van der Waals surface area contributed by atoms with Crippen molar-refractivity contribution in [1.29, 1.82) is 0 Å². The van der Waals surface area contributed by atoms with Crippen LogP contribution in [-0.2, 0) is 22.7 Å². The van der Waals surface area contributed by atoms with E-state index >= 15 is 0 Å². The van der Waals surface area contributed by atoms with Crippen LogP contribution in [0.2, 0.25) is 0 Å². The lowest BCUT2D eigenvalue weighted by atomic mass is 10.1. The lowest BCUT2D eigenvalue weighted by Crippen LogP contribution is -2.48. The fourth-order valence-electron chi connectivity index (χ4n) is 3.75. The summed E-state index contributed by atoms with van der Waals surface area (Å²) in [4.78, 5) is 21.0. The molecule has 3 heterocycles. The number of fused-ring (bicyclic) bond motifs is 1. The maximum atomic E-state index is 13.0. The van der Waals surface area contributed by atoms with Gasteiger partial charge in [-0.05, 0) is 32.0 Å². The molecule has 9 nitrogen and oxygen atoms in total. The highest BCUT2D eigenvalue weighted by molar-refractivity contribution is 7.89. The van der Waals surface area contributed by atoms with Crippen LogP contribution in [0.4, 0.5) is 13.2 Å². The van der Waals surface area contributed by atoms with Crippen LogP contribution in [0.15, 0.2) is 32.4 Å². The number of nitrogens with one attached hydrogen (secondary N) is 1. The van der Waals surface area contributed by atoms with Crippen LogP contribution < -0.4 is 5.56 Å². The predicted octanol–water partition coefficient (Wildman–Crippen LogP) is 2.05. The number of nitrogens with zero attached hydrogens (tertiary/aromatic N) is 4. The Balaban J connectivity index is 1.50. The molecule has 1 fully saturated rings. The molecule has 1 N–H and O–H groups in total. The smallest absolute Gasteiger partial charge is 0.360 e. The fourth-order valence-corrected chi connectivity index (χ4v) is 5.46. The van der Waals surface area contributed by atoms with E-state index in [1.165, 1.54) is 11.2 Å². The second kappa shape index (κ2) is 7.98. The Kier molecular flexibility index (Phi) is 5.59. The molecule has 1 aliphatic rings. The van der Waals surface area contributed by atoms with Crippen molar-refractivity contribution in [2.45, 2.75) is 31.5 Å². The molecule has 13 heteroatoms. The van der Waals surface area contributed by atoms with E-state index in [9.17, 15) is 26.4 Å². The van der Waals surface area contributed by atoms with Crippen molar-refractivity contribution in [3.05, 3.63) is 51.4 Å². The largest absolute Gasteiger partial charge is 0.416 e. The van der Waals surface area contributed by atoms with Gasteiger partial charge < -0.3 is 9.51 Å². The van der Waals surface area contributed by atoms with Crippen molar-refractivity contribution >= 4 is 20.9 Å². The average molecular weight is 471 g/mol. The zero-order valence-electron chi connectivity index (χ0n) is 17.2. The molecule has 1 aromatic carbocycles. The molecule has 0 atom stereocenters. The van der Waals surface area contributed by atoms with Crippen molar-refractivity contribution in [3.8, 4) is 0 Å². The first-order valence-electron chi connectivity index (χ1n) is 9.72. The van der Waals surface area contributed by atoms with Gasteiger partial charge in [-0.1, -0.05) is 5.16 Å². The van der Waals surface area contributed by atoms with Crippen LogP contribution in [0.3, 0.4) is 0 Å². The quantitative estimate of drug-likeness (QED) is 0.620. The first kappa shape index (κ1) is 22.4. The van der Waals surface area contributed by atoms with Gasteiger partial charge in [-0.15, -0.1) is 0 Å². The van der Waals surface area contributed by atoms with Crippen LogP contribution in [-0.4, -0.2) is 58.9 Å². The lowest BCUT2D eigenvalue weighted by Gasteiger charge is -2.33. The van der Waals surface area contributed by atoms with Gasteiger partial charge in [-0.2, -0.15) is 17.5 Å². The maximum Gasteiger partial charge on any atom is 0.416 e. The van der Waals surface area contributed by atoms with Gasteiger partial charge in [0.1, 0.15) is 16.4 Å². The summed E-state index contributed by atoms with van der Waals surface area (Å²) in [7, 11) is -3.76. The molecule has 172 valence electrons. The Morgan fingerprint density at radius 1 is 1.16 bits per heavy atom. The van der Waals surface area contributed by atoms with E-state index in [0.29, 0.717) is 18.8 Å². The first-order valence-corrected chi connectivity index (χ1v) is 11.2. The second-order valence-electron chi connectivity index (χ2n) is 7.58. The molecule has 1 aliphatic heterocycles. The minimum atomic E-state index is -4.54. The van der Waals surface area contributed by atoms with Gasteiger partial charge in [0, 0.05) is 26.2 Å². The van der Waals surface area contributed by atoms with E-state index in [-0.39, 0.29) is 47.0 Å². The monoisotopic (exact) mass is 471 g/mol. The van der Waals surface area contributed by atoms with Gasteiger partial charge in [0.15, 0.2) is 5.76 Å². The third-order valence-electron chi connectivity index (χ3n) is 5.35. The normalized spacial score (nSPS) is 16.7. The zero-order valence-corrected chi connectivity index (χ0v) is 18.0. The number of sulfonamides is 1. The van der Waals surface area contributed by atoms with Crippen LogP contribution >= 0.6 is 0 Å². The van der Waals surface area contributed by atoms with Gasteiger partial charge in [-0.25, -0.2) is 13.4 Å². The van der Waals surface area contributed by atoms with Gasteiger partial charge in [0.05, 0.1) is 23.0 Å². The number of piperazine rings is 1. The average Bonchev–Trinajstić information content (AvgIpc) is 3.06. The summed E-state index contributed by atoms with van der Waals surface area (Å²) in [5.41, 5.74) is -1.16. The van der Waals surface area contributed by atoms with Crippen molar-refractivity contribution in [2.75, 3.05) is 26.2 Å². The lowest BCUT2D eigenvalue weighted by molar-refractivity contribution is -0.137. The Morgan fingerprint density at radius 2 is 1.84 bits per heavy atom.